The van der Waals surface area contributed by atoms with Crippen LogP contribution in [0, 0.1) is 5.82 Å². The normalized spacial score (nSPS) is 11.0. The lowest BCUT2D eigenvalue weighted by molar-refractivity contribution is 0.268. The van der Waals surface area contributed by atoms with E-state index in [1.54, 1.807) is 19.2 Å². The first kappa shape index (κ1) is 21.7. The minimum atomic E-state index is -0.499. The Bertz CT molecular complexity index is 1440. The maximum absolute atomic E-state index is 14.7. The Morgan fingerprint density at radius 1 is 0.824 bits per heavy atom. The first-order chi connectivity index (χ1) is 16.6. The number of nitrogens with zero attached hydrogens (tertiary/aromatic N) is 3. The highest BCUT2D eigenvalue weighted by atomic mass is 19.1. The van der Waals surface area contributed by atoms with Gasteiger partial charge in [0.05, 0.1) is 5.56 Å². The van der Waals surface area contributed by atoms with Crippen molar-refractivity contribution >= 4 is 24.2 Å². The zero-order valence-corrected chi connectivity index (χ0v) is 18.6. The van der Waals surface area contributed by atoms with E-state index in [-0.39, 0.29) is 5.46 Å². The van der Waals surface area contributed by atoms with Gasteiger partial charge in [0.25, 0.3) is 0 Å². The van der Waals surface area contributed by atoms with Gasteiger partial charge < -0.3 is 9.47 Å². The van der Waals surface area contributed by atoms with Crippen molar-refractivity contribution < 1.29 is 13.9 Å². The molecule has 0 amide bonds. The number of aromatic nitrogens is 3. The van der Waals surface area contributed by atoms with E-state index in [2.05, 4.69) is 10.1 Å². The van der Waals surface area contributed by atoms with Crippen molar-refractivity contribution in [2.24, 2.45) is 7.05 Å². The Balaban J connectivity index is 1.53. The summed E-state index contributed by atoms with van der Waals surface area (Å²) in [5.41, 5.74) is 3.62. The number of hydrogen-bond acceptors (Lipinski definition) is 4. The molecule has 0 aliphatic carbocycles. The summed E-state index contributed by atoms with van der Waals surface area (Å²) in [4.78, 5) is 4.62. The standard InChI is InChI=1S/C27H21BFN3O2/c1-32-26-20(12-14-22(28)24(26)29)25(31-32)21-13-15-23(33-16-18-8-4-2-5-9-18)30-27(21)34-17-19-10-6-3-7-11-19/h2-15H,16-17H2,1H3. The van der Waals surface area contributed by atoms with E-state index in [1.165, 1.54) is 10.7 Å². The quantitative estimate of drug-likeness (QED) is 0.338. The Labute approximate surface area is 198 Å². The Kier molecular flexibility index (Phi) is 6.00. The summed E-state index contributed by atoms with van der Waals surface area (Å²) in [5, 5.41) is 5.18. The van der Waals surface area contributed by atoms with E-state index in [4.69, 9.17) is 17.3 Å². The largest absolute Gasteiger partial charge is 0.473 e. The molecule has 0 N–H and O–H groups in total. The van der Waals surface area contributed by atoms with E-state index < -0.39 is 5.82 Å². The number of halogens is 1. The van der Waals surface area contributed by atoms with Crippen LogP contribution in [0.5, 0.6) is 11.8 Å². The Morgan fingerprint density at radius 2 is 1.47 bits per heavy atom. The lowest BCUT2D eigenvalue weighted by atomic mass is 9.93. The van der Waals surface area contributed by atoms with Crippen LogP contribution in [0.15, 0.2) is 84.9 Å². The van der Waals surface area contributed by atoms with Crippen molar-refractivity contribution in [3.8, 4) is 23.0 Å². The number of rotatable bonds is 7. The third-order valence-electron chi connectivity index (χ3n) is 5.51. The van der Waals surface area contributed by atoms with Gasteiger partial charge in [-0.25, -0.2) is 4.39 Å². The number of aryl methyl sites for hydroxylation is 1. The van der Waals surface area contributed by atoms with Crippen LogP contribution in [-0.2, 0) is 20.3 Å². The van der Waals surface area contributed by atoms with Crippen molar-refractivity contribution in [3.05, 3.63) is 102 Å². The van der Waals surface area contributed by atoms with E-state index >= 15 is 0 Å². The molecule has 0 unspecified atom stereocenters. The fraction of sp³-hybridized carbons (Fsp3) is 0.111. The second-order valence-corrected chi connectivity index (χ2v) is 7.89. The molecule has 2 heterocycles. The van der Waals surface area contributed by atoms with Gasteiger partial charge in [-0.1, -0.05) is 78.3 Å². The molecule has 3 aromatic carbocycles. The first-order valence-electron chi connectivity index (χ1n) is 10.9. The second kappa shape index (κ2) is 9.39. The fourth-order valence-electron chi connectivity index (χ4n) is 3.79. The van der Waals surface area contributed by atoms with E-state index in [0.717, 1.165) is 11.1 Å². The molecule has 0 spiro atoms. The highest BCUT2D eigenvalue weighted by molar-refractivity contribution is 6.33. The number of fused-ring (bicyclic) bond motifs is 1. The molecule has 5 rings (SSSR count). The minimum absolute atomic E-state index is 0.0744. The SMILES string of the molecule is [B]c1ccc2c(-c3ccc(OCc4ccccc4)nc3OCc3ccccc3)nn(C)c2c1F. The maximum atomic E-state index is 14.7. The van der Waals surface area contributed by atoms with Crippen LogP contribution in [0.25, 0.3) is 22.2 Å². The average molecular weight is 449 g/mol. The third kappa shape index (κ3) is 4.37. The van der Waals surface area contributed by atoms with Crippen LogP contribution in [0.3, 0.4) is 0 Å². The first-order valence-corrected chi connectivity index (χ1v) is 10.9. The molecule has 0 atom stereocenters. The highest BCUT2D eigenvalue weighted by Crippen LogP contribution is 2.35. The number of hydrogen-bond donors (Lipinski definition) is 0. The Morgan fingerprint density at radius 3 is 2.15 bits per heavy atom. The predicted molar refractivity (Wildman–Crippen MR) is 131 cm³/mol. The topological polar surface area (TPSA) is 49.2 Å². The van der Waals surface area contributed by atoms with Gasteiger partial charge in [0.1, 0.15) is 38.1 Å². The van der Waals surface area contributed by atoms with Crippen LogP contribution >= 0.6 is 0 Å². The number of benzene rings is 3. The van der Waals surface area contributed by atoms with Crippen molar-refractivity contribution in [2.45, 2.75) is 13.2 Å². The monoisotopic (exact) mass is 449 g/mol. The molecule has 0 aliphatic heterocycles. The van der Waals surface area contributed by atoms with E-state index in [9.17, 15) is 4.39 Å². The maximum Gasteiger partial charge on any atom is 0.226 e. The molecule has 5 nitrogen and oxygen atoms in total. The van der Waals surface area contributed by atoms with Gasteiger partial charge in [-0.15, -0.1) is 0 Å². The lowest BCUT2D eigenvalue weighted by Gasteiger charge is -2.12. The van der Waals surface area contributed by atoms with Gasteiger partial charge in [0.2, 0.25) is 11.8 Å². The molecule has 0 saturated carbocycles. The van der Waals surface area contributed by atoms with Crippen molar-refractivity contribution in [1.82, 2.24) is 14.8 Å². The van der Waals surface area contributed by atoms with Crippen molar-refractivity contribution in [1.29, 1.82) is 0 Å². The highest BCUT2D eigenvalue weighted by Gasteiger charge is 2.20. The molecule has 0 fully saturated rings. The smallest absolute Gasteiger partial charge is 0.226 e. The van der Waals surface area contributed by atoms with Gasteiger partial charge in [0, 0.05) is 18.5 Å². The van der Waals surface area contributed by atoms with Crippen molar-refractivity contribution in [2.75, 3.05) is 0 Å². The summed E-state index contributed by atoms with van der Waals surface area (Å²) >= 11 is 0. The molecular weight excluding hydrogens is 428 g/mol. The van der Waals surface area contributed by atoms with Crippen LogP contribution in [0.4, 0.5) is 4.39 Å². The molecule has 0 saturated heterocycles. The number of ether oxygens (including phenoxy) is 2. The summed E-state index contributed by atoms with van der Waals surface area (Å²) < 4.78 is 28.2. The minimum Gasteiger partial charge on any atom is -0.473 e. The molecule has 7 heteroatoms. The van der Waals surface area contributed by atoms with Gasteiger partial charge in [0.15, 0.2) is 0 Å². The van der Waals surface area contributed by atoms with Crippen LogP contribution in [0.1, 0.15) is 11.1 Å². The molecule has 5 aromatic rings. The van der Waals surface area contributed by atoms with Crippen LogP contribution < -0.4 is 14.9 Å². The molecule has 34 heavy (non-hydrogen) atoms. The molecule has 0 bridgehead atoms. The molecule has 2 radical (unpaired) electrons. The summed E-state index contributed by atoms with van der Waals surface area (Å²) in [5.74, 6) is 0.277. The average Bonchev–Trinajstić information content (AvgIpc) is 3.21. The van der Waals surface area contributed by atoms with E-state index in [0.29, 0.717) is 47.1 Å². The van der Waals surface area contributed by atoms with Gasteiger partial charge in [-0.3, -0.25) is 4.68 Å². The second-order valence-electron chi connectivity index (χ2n) is 7.89. The summed E-state index contributed by atoms with van der Waals surface area (Å²) in [7, 11) is 7.46. The predicted octanol–water partition coefficient (Wildman–Crippen LogP) is 4.73. The third-order valence-corrected chi connectivity index (χ3v) is 5.51. The molecule has 166 valence electrons. The van der Waals surface area contributed by atoms with E-state index in [1.807, 2.05) is 66.7 Å². The number of pyridine rings is 1. The zero-order valence-electron chi connectivity index (χ0n) is 18.6. The zero-order chi connectivity index (χ0) is 23.5. The van der Waals surface area contributed by atoms with Crippen LogP contribution in [-0.4, -0.2) is 22.6 Å². The van der Waals surface area contributed by atoms with Crippen molar-refractivity contribution in [3.63, 3.8) is 0 Å². The summed E-state index contributed by atoms with van der Waals surface area (Å²) in [6.45, 7) is 0.692. The van der Waals surface area contributed by atoms with Crippen LogP contribution in [0.2, 0.25) is 0 Å². The fourth-order valence-corrected chi connectivity index (χ4v) is 3.79. The van der Waals surface area contributed by atoms with Gasteiger partial charge in [-0.2, -0.15) is 10.1 Å². The summed E-state index contributed by atoms with van der Waals surface area (Å²) in [6.07, 6.45) is 0. The van der Waals surface area contributed by atoms with Gasteiger partial charge in [-0.05, 0) is 17.2 Å². The van der Waals surface area contributed by atoms with Gasteiger partial charge >= 0.3 is 0 Å². The molecule has 2 aromatic heterocycles. The molecule has 0 aliphatic rings. The molecular formula is C27H21BFN3O2. The lowest BCUT2D eigenvalue weighted by Crippen LogP contribution is -2.09. The summed E-state index contributed by atoms with van der Waals surface area (Å²) in [6, 6.07) is 26.6. The Hall–Kier alpha value is -4.13.